The smallest absolute Gasteiger partial charge is 0.118 e. The summed E-state index contributed by atoms with van der Waals surface area (Å²) in [5.74, 6) is 0.931. The van der Waals surface area contributed by atoms with Crippen LogP contribution in [0.2, 0.25) is 10.0 Å². The minimum Gasteiger partial charge on any atom is -0.497 e. The van der Waals surface area contributed by atoms with E-state index in [2.05, 4.69) is 45.0 Å². The van der Waals surface area contributed by atoms with Crippen molar-refractivity contribution in [3.63, 3.8) is 0 Å². The maximum absolute atomic E-state index is 6.30. The minimum absolute atomic E-state index is 0.599. The number of methoxy groups -OCH3 is 1. The van der Waals surface area contributed by atoms with Gasteiger partial charge in [0.1, 0.15) is 5.75 Å². The van der Waals surface area contributed by atoms with E-state index < -0.39 is 0 Å². The number of hydrogen-bond donors (Lipinski definition) is 0. The summed E-state index contributed by atoms with van der Waals surface area (Å²) in [4.78, 5) is 8.38. The first-order valence-corrected chi connectivity index (χ1v) is 13.7. The molecule has 5 rings (SSSR count). The molecule has 0 radical (unpaired) electrons. The summed E-state index contributed by atoms with van der Waals surface area (Å²) >= 11 is 12.5. The Kier molecular flexibility index (Phi) is 8.02. The molecule has 3 unspecified atom stereocenters. The van der Waals surface area contributed by atoms with Crippen LogP contribution in [0.3, 0.4) is 0 Å². The lowest BCUT2D eigenvalue weighted by molar-refractivity contribution is -0.0494. The largest absolute Gasteiger partial charge is 0.497 e. The molecule has 3 fully saturated rings. The highest BCUT2D eigenvalue weighted by Gasteiger charge is 2.45. The summed E-state index contributed by atoms with van der Waals surface area (Å²) in [6.45, 7) is 6.91. The molecule has 1 aliphatic carbocycles. The van der Waals surface area contributed by atoms with E-state index in [1.165, 1.54) is 56.3 Å². The van der Waals surface area contributed by atoms with Crippen molar-refractivity contribution in [2.24, 2.45) is 0 Å². The fourth-order valence-electron chi connectivity index (χ4n) is 6.45. The van der Waals surface area contributed by atoms with Crippen LogP contribution in [0.1, 0.15) is 43.2 Å². The van der Waals surface area contributed by atoms with E-state index in [1.807, 2.05) is 12.1 Å². The fraction of sp³-hybridized carbons (Fsp3) is 0.571. The summed E-state index contributed by atoms with van der Waals surface area (Å²) < 4.78 is 5.37. The number of ether oxygens (including phenoxy) is 1. The predicted octanol–water partition coefficient (Wildman–Crippen LogP) is 5.75. The van der Waals surface area contributed by atoms with Crippen molar-refractivity contribution in [1.29, 1.82) is 0 Å². The fourth-order valence-corrected chi connectivity index (χ4v) is 6.77. The topological polar surface area (TPSA) is 19.0 Å². The van der Waals surface area contributed by atoms with E-state index >= 15 is 0 Å². The van der Waals surface area contributed by atoms with Gasteiger partial charge in [0.25, 0.3) is 0 Å². The quantitative estimate of drug-likeness (QED) is 0.480. The monoisotopic (exact) mass is 501 g/mol. The van der Waals surface area contributed by atoms with Crippen molar-refractivity contribution in [3.8, 4) is 5.75 Å². The molecule has 0 N–H and O–H groups in total. The van der Waals surface area contributed by atoms with E-state index in [-0.39, 0.29) is 0 Å². The molecule has 6 heteroatoms. The van der Waals surface area contributed by atoms with Crippen LogP contribution in [0.25, 0.3) is 0 Å². The second kappa shape index (κ2) is 11.2. The Morgan fingerprint density at radius 3 is 2.24 bits per heavy atom. The van der Waals surface area contributed by atoms with Gasteiger partial charge in [-0.3, -0.25) is 14.7 Å². The number of benzene rings is 2. The zero-order valence-electron chi connectivity index (χ0n) is 20.3. The normalized spacial score (nSPS) is 26.5. The Bertz CT molecular complexity index is 947. The molecule has 2 aromatic rings. The zero-order chi connectivity index (χ0) is 23.5. The van der Waals surface area contributed by atoms with Crippen LogP contribution in [-0.2, 0) is 13.0 Å². The van der Waals surface area contributed by atoms with Crippen molar-refractivity contribution in [3.05, 3.63) is 63.6 Å². The Morgan fingerprint density at radius 1 is 0.794 bits per heavy atom. The number of nitrogens with zero attached hydrogens (tertiary/aromatic N) is 3. The number of piperazine rings is 1. The third-order valence-electron chi connectivity index (χ3n) is 8.18. The molecule has 3 atom stereocenters. The zero-order valence-corrected chi connectivity index (χ0v) is 21.8. The van der Waals surface area contributed by atoms with E-state index in [9.17, 15) is 0 Å². The van der Waals surface area contributed by atoms with Crippen molar-refractivity contribution in [2.45, 2.75) is 63.2 Å². The molecular weight excluding hydrogens is 465 g/mol. The highest BCUT2D eigenvalue weighted by molar-refractivity contribution is 6.42. The van der Waals surface area contributed by atoms with Gasteiger partial charge in [-0.25, -0.2) is 0 Å². The van der Waals surface area contributed by atoms with Crippen molar-refractivity contribution < 1.29 is 4.74 Å². The highest BCUT2D eigenvalue weighted by Crippen LogP contribution is 2.36. The van der Waals surface area contributed by atoms with Crippen LogP contribution < -0.4 is 4.74 Å². The molecule has 34 heavy (non-hydrogen) atoms. The lowest BCUT2D eigenvalue weighted by Gasteiger charge is -2.55. The molecule has 0 amide bonds. The minimum atomic E-state index is 0.599. The summed E-state index contributed by atoms with van der Waals surface area (Å²) in [5.41, 5.74) is 2.66. The van der Waals surface area contributed by atoms with Gasteiger partial charge < -0.3 is 4.74 Å². The molecule has 2 saturated heterocycles. The number of likely N-dealkylation sites (tertiary alicyclic amines) is 1. The van der Waals surface area contributed by atoms with E-state index in [0.717, 1.165) is 38.3 Å². The Hall–Kier alpha value is -1.30. The average molecular weight is 503 g/mol. The molecular formula is C28H37Cl2N3O. The second-order valence-electron chi connectivity index (χ2n) is 10.2. The second-order valence-corrected chi connectivity index (χ2v) is 11.0. The van der Waals surface area contributed by atoms with Gasteiger partial charge in [-0.2, -0.15) is 0 Å². The maximum Gasteiger partial charge on any atom is 0.118 e. The van der Waals surface area contributed by atoms with Crippen molar-refractivity contribution in [2.75, 3.05) is 39.8 Å². The number of fused-ring (bicyclic) bond motifs is 1. The highest BCUT2D eigenvalue weighted by atomic mass is 35.5. The molecule has 0 bridgehead atoms. The van der Waals surface area contributed by atoms with Crippen LogP contribution in [0, 0.1) is 0 Å². The van der Waals surface area contributed by atoms with E-state index in [0.29, 0.717) is 28.2 Å². The van der Waals surface area contributed by atoms with Gasteiger partial charge in [-0.1, -0.05) is 47.8 Å². The van der Waals surface area contributed by atoms with Crippen molar-refractivity contribution >= 4 is 23.2 Å². The van der Waals surface area contributed by atoms with E-state index in [4.69, 9.17) is 27.9 Å². The number of halogens is 2. The van der Waals surface area contributed by atoms with Crippen LogP contribution >= 0.6 is 23.2 Å². The maximum atomic E-state index is 6.30. The Morgan fingerprint density at radius 2 is 1.50 bits per heavy atom. The van der Waals surface area contributed by atoms with E-state index in [1.54, 1.807) is 7.11 Å². The summed E-state index contributed by atoms with van der Waals surface area (Å²) in [6, 6.07) is 16.6. The third-order valence-corrected chi connectivity index (χ3v) is 8.92. The molecule has 1 saturated carbocycles. The first-order valence-electron chi connectivity index (χ1n) is 12.9. The average Bonchev–Trinajstić information content (AvgIpc) is 3.40. The SMILES string of the molecule is COc1ccc(CN2CCN(CCc3ccc(Cl)c(Cl)c3)C3C(N4CCCC4)CCCC32)cc1. The molecule has 3 aliphatic rings. The molecule has 4 nitrogen and oxygen atoms in total. The number of hydrogen-bond acceptors (Lipinski definition) is 4. The standard InChI is InChI=1S/C28H37Cl2N3O/c1-34-23-10-7-22(8-11-23)20-33-18-17-32(16-13-21-9-12-24(29)25(30)19-21)28-26(5-4-6-27(28)33)31-14-2-3-15-31/h7-12,19,26-28H,2-6,13-18,20H2,1H3. The lowest BCUT2D eigenvalue weighted by atomic mass is 9.81. The van der Waals surface area contributed by atoms with Crippen LogP contribution in [0.5, 0.6) is 5.75 Å². The van der Waals surface area contributed by atoms with Gasteiger partial charge in [-0.05, 0) is 80.6 Å². The Labute approximate surface area is 214 Å². The number of rotatable bonds is 7. The first kappa shape index (κ1) is 24.4. The van der Waals surface area contributed by atoms with Gasteiger partial charge in [0.05, 0.1) is 17.2 Å². The van der Waals surface area contributed by atoms with Gasteiger partial charge in [0, 0.05) is 44.3 Å². The molecule has 0 spiro atoms. The molecule has 2 aromatic carbocycles. The lowest BCUT2D eigenvalue weighted by Crippen LogP contribution is -2.67. The van der Waals surface area contributed by atoms with Gasteiger partial charge >= 0.3 is 0 Å². The third kappa shape index (κ3) is 5.42. The summed E-state index contributed by atoms with van der Waals surface area (Å²) in [5, 5.41) is 1.30. The van der Waals surface area contributed by atoms with Gasteiger partial charge in [0.15, 0.2) is 0 Å². The Balaban J connectivity index is 1.33. The summed E-state index contributed by atoms with van der Waals surface area (Å²) in [6.07, 6.45) is 7.70. The molecule has 2 aliphatic heterocycles. The molecule has 184 valence electrons. The van der Waals surface area contributed by atoms with Crippen LogP contribution in [0.4, 0.5) is 0 Å². The molecule has 2 heterocycles. The summed E-state index contributed by atoms with van der Waals surface area (Å²) in [7, 11) is 1.73. The van der Waals surface area contributed by atoms with Crippen molar-refractivity contribution in [1.82, 2.24) is 14.7 Å². The van der Waals surface area contributed by atoms with Gasteiger partial charge in [0.2, 0.25) is 0 Å². The van der Waals surface area contributed by atoms with Crippen LogP contribution in [0.15, 0.2) is 42.5 Å². The first-order chi connectivity index (χ1) is 16.6. The van der Waals surface area contributed by atoms with Crippen LogP contribution in [-0.4, -0.2) is 72.7 Å². The molecule has 0 aromatic heterocycles. The predicted molar refractivity (Wildman–Crippen MR) is 141 cm³/mol. The van der Waals surface area contributed by atoms with Gasteiger partial charge in [-0.15, -0.1) is 0 Å².